The van der Waals surface area contributed by atoms with E-state index in [1.165, 1.54) is 16.7 Å². The minimum absolute atomic E-state index is 0.856. The van der Waals surface area contributed by atoms with Crippen LogP contribution in [0.4, 0.5) is 5.82 Å². The summed E-state index contributed by atoms with van der Waals surface area (Å²) in [4.78, 5) is 6.78. The van der Waals surface area contributed by atoms with Crippen molar-refractivity contribution in [3.63, 3.8) is 0 Å². The van der Waals surface area contributed by atoms with Crippen molar-refractivity contribution in [2.75, 3.05) is 18.5 Å². The Morgan fingerprint density at radius 2 is 1.89 bits per heavy atom. The van der Waals surface area contributed by atoms with Gasteiger partial charge in [-0.1, -0.05) is 52.3 Å². The van der Waals surface area contributed by atoms with Crippen LogP contribution >= 0.6 is 15.9 Å². The Kier molecular flexibility index (Phi) is 4.97. The Bertz CT molecular complexity index is 526. The molecule has 2 rings (SSSR count). The van der Waals surface area contributed by atoms with Crippen LogP contribution in [0.5, 0.6) is 0 Å². The standard InChI is InChI=1S/C16H19BrN2/c1-13-10-15(11-17)12-18-16(13)19(2)9-8-14-6-4-3-5-7-14/h3-7,10,12H,8-9,11H2,1-2H3. The highest BCUT2D eigenvalue weighted by Gasteiger charge is 2.07. The maximum atomic E-state index is 4.56. The molecule has 1 heterocycles. The average molecular weight is 319 g/mol. The van der Waals surface area contributed by atoms with Crippen molar-refractivity contribution in [1.29, 1.82) is 0 Å². The number of pyridine rings is 1. The van der Waals surface area contributed by atoms with E-state index in [4.69, 9.17) is 0 Å². The number of likely N-dealkylation sites (N-methyl/N-ethyl adjacent to an activating group) is 1. The van der Waals surface area contributed by atoms with Crippen molar-refractivity contribution in [2.45, 2.75) is 18.7 Å². The Labute approximate surface area is 123 Å². The van der Waals surface area contributed by atoms with Gasteiger partial charge in [-0.25, -0.2) is 4.98 Å². The molecule has 0 N–H and O–H groups in total. The molecule has 1 aromatic heterocycles. The van der Waals surface area contributed by atoms with Crippen LogP contribution in [-0.2, 0) is 11.8 Å². The fourth-order valence-corrected chi connectivity index (χ4v) is 2.45. The molecule has 0 amide bonds. The Hall–Kier alpha value is -1.35. The molecule has 0 unspecified atom stereocenters. The molecule has 3 heteroatoms. The monoisotopic (exact) mass is 318 g/mol. The zero-order valence-electron chi connectivity index (χ0n) is 11.4. The summed E-state index contributed by atoms with van der Waals surface area (Å²) in [6.45, 7) is 3.10. The van der Waals surface area contributed by atoms with Gasteiger partial charge in [0.1, 0.15) is 5.82 Å². The highest BCUT2D eigenvalue weighted by Crippen LogP contribution is 2.18. The lowest BCUT2D eigenvalue weighted by Gasteiger charge is -2.20. The molecule has 0 aliphatic rings. The Balaban J connectivity index is 2.02. The number of benzene rings is 1. The summed E-state index contributed by atoms with van der Waals surface area (Å²) >= 11 is 3.46. The second kappa shape index (κ2) is 6.71. The predicted molar refractivity (Wildman–Crippen MR) is 85.0 cm³/mol. The number of nitrogens with zero attached hydrogens (tertiary/aromatic N) is 2. The lowest BCUT2D eigenvalue weighted by Crippen LogP contribution is -2.22. The van der Waals surface area contributed by atoms with Crippen molar-refractivity contribution >= 4 is 21.7 Å². The summed E-state index contributed by atoms with van der Waals surface area (Å²) in [6.07, 6.45) is 2.98. The molecule has 1 aromatic carbocycles. The first-order valence-electron chi connectivity index (χ1n) is 6.47. The number of hydrogen-bond acceptors (Lipinski definition) is 2. The maximum Gasteiger partial charge on any atom is 0.131 e. The van der Waals surface area contributed by atoms with Gasteiger partial charge in [-0.2, -0.15) is 0 Å². The average Bonchev–Trinajstić information content (AvgIpc) is 2.45. The van der Waals surface area contributed by atoms with E-state index in [0.717, 1.165) is 24.1 Å². The minimum Gasteiger partial charge on any atom is -0.359 e. The third kappa shape index (κ3) is 3.80. The van der Waals surface area contributed by atoms with E-state index >= 15 is 0 Å². The van der Waals surface area contributed by atoms with Gasteiger partial charge in [0.05, 0.1) is 0 Å². The first kappa shape index (κ1) is 14.1. The van der Waals surface area contributed by atoms with Crippen LogP contribution in [0.15, 0.2) is 42.6 Å². The molecule has 0 fully saturated rings. The molecule has 0 radical (unpaired) electrons. The Morgan fingerprint density at radius 3 is 2.53 bits per heavy atom. The largest absolute Gasteiger partial charge is 0.359 e. The summed E-state index contributed by atoms with van der Waals surface area (Å²) in [5.74, 6) is 1.07. The van der Waals surface area contributed by atoms with Gasteiger partial charge >= 0.3 is 0 Å². The lowest BCUT2D eigenvalue weighted by atomic mass is 10.1. The van der Waals surface area contributed by atoms with Crippen LogP contribution in [0.25, 0.3) is 0 Å². The van der Waals surface area contributed by atoms with Crippen LogP contribution in [0, 0.1) is 6.92 Å². The molecule has 0 aliphatic heterocycles. The maximum absolute atomic E-state index is 4.56. The molecule has 0 bridgehead atoms. The summed E-state index contributed by atoms with van der Waals surface area (Å²) in [5, 5.41) is 0.856. The van der Waals surface area contributed by atoms with E-state index in [2.05, 4.69) is 76.2 Å². The van der Waals surface area contributed by atoms with E-state index in [1.54, 1.807) is 0 Å². The van der Waals surface area contributed by atoms with Gasteiger partial charge in [0, 0.05) is 25.1 Å². The van der Waals surface area contributed by atoms with Gasteiger partial charge in [0.15, 0.2) is 0 Å². The number of aromatic nitrogens is 1. The highest BCUT2D eigenvalue weighted by molar-refractivity contribution is 9.08. The van der Waals surface area contributed by atoms with Crippen LogP contribution in [0.1, 0.15) is 16.7 Å². The summed E-state index contributed by atoms with van der Waals surface area (Å²) < 4.78 is 0. The third-order valence-electron chi connectivity index (χ3n) is 3.20. The fourth-order valence-electron chi connectivity index (χ4n) is 2.15. The molecular formula is C16H19BrN2. The van der Waals surface area contributed by atoms with E-state index in [9.17, 15) is 0 Å². The second-order valence-corrected chi connectivity index (χ2v) is 5.34. The number of hydrogen-bond donors (Lipinski definition) is 0. The van der Waals surface area contributed by atoms with Crippen molar-refractivity contribution in [3.05, 3.63) is 59.3 Å². The first-order valence-corrected chi connectivity index (χ1v) is 7.59. The summed E-state index contributed by atoms with van der Waals surface area (Å²) in [7, 11) is 2.10. The molecule has 0 spiro atoms. The molecule has 0 saturated heterocycles. The molecule has 100 valence electrons. The molecule has 0 saturated carbocycles. The number of aryl methyl sites for hydroxylation is 1. The van der Waals surface area contributed by atoms with Gasteiger partial charge in [0.2, 0.25) is 0 Å². The van der Waals surface area contributed by atoms with E-state index in [1.807, 2.05) is 6.20 Å². The van der Waals surface area contributed by atoms with Gasteiger partial charge in [0.25, 0.3) is 0 Å². The quantitative estimate of drug-likeness (QED) is 0.776. The van der Waals surface area contributed by atoms with Crippen molar-refractivity contribution < 1.29 is 0 Å². The van der Waals surface area contributed by atoms with Crippen LogP contribution < -0.4 is 4.90 Å². The summed E-state index contributed by atoms with van der Waals surface area (Å²) in [6, 6.07) is 12.8. The second-order valence-electron chi connectivity index (χ2n) is 4.77. The van der Waals surface area contributed by atoms with Gasteiger partial charge < -0.3 is 4.90 Å². The molecule has 2 nitrogen and oxygen atoms in total. The van der Waals surface area contributed by atoms with Gasteiger partial charge in [-0.3, -0.25) is 0 Å². The smallest absolute Gasteiger partial charge is 0.131 e. The van der Waals surface area contributed by atoms with E-state index in [-0.39, 0.29) is 0 Å². The molecule has 0 atom stereocenters. The molecule has 2 aromatic rings. The fraction of sp³-hybridized carbons (Fsp3) is 0.312. The molecule has 0 aliphatic carbocycles. The van der Waals surface area contributed by atoms with Gasteiger partial charge in [-0.15, -0.1) is 0 Å². The number of anilines is 1. The zero-order chi connectivity index (χ0) is 13.7. The lowest BCUT2D eigenvalue weighted by molar-refractivity contribution is 0.854. The molecular weight excluding hydrogens is 300 g/mol. The minimum atomic E-state index is 0.856. The number of halogens is 1. The van der Waals surface area contributed by atoms with Gasteiger partial charge in [-0.05, 0) is 30.0 Å². The van der Waals surface area contributed by atoms with Crippen LogP contribution in [0.3, 0.4) is 0 Å². The number of alkyl halides is 1. The van der Waals surface area contributed by atoms with Crippen LogP contribution in [0.2, 0.25) is 0 Å². The van der Waals surface area contributed by atoms with Crippen LogP contribution in [-0.4, -0.2) is 18.6 Å². The topological polar surface area (TPSA) is 16.1 Å². The van der Waals surface area contributed by atoms with E-state index in [0.29, 0.717) is 0 Å². The highest BCUT2D eigenvalue weighted by atomic mass is 79.9. The van der Waals surface area contributed by atoms with Crippen molar-refractivity contribution in [2.24, 2.45) is 0 Å². The normalized spacial score (nSPS) is 10.5. The molecule has 19 heavy (non-hydrogen) atoms. The van der Waals surface area contributed by atoms with Crippen molar-refractivity contribution in [3.8, 4) is 0 Å². The zero-order valence-corrected chi connectivity index (χ0v) is 13.0. The summed E-state index contributed by atoms with van der Waals surface area (Å²) in [5.41, 5.74) is 3.81. The first-order chi connectivity index (χ1) is 9.20. The SMILES string of the molecule is Cc1cc(CBr)cnc1N(C)CCc1ccccc1. The Morgan fingerprint density at radius 1 is 1.16 bits per heavy atom. The third-order valence-corrected chi connectivity index (χ3v) is 3.85. The van der Waals surface area contributed by atoms with Crippen molar-refractivity contribution in [1.82, 2.24) is 4.98 Å². The predicted octanol–water partition coefficient (Wildman–Crippen LogP) is 3.96. The van der Waals surface area contributed by atoms with E-state index < -0.39 is 0 Å². The number of rotatable bonds is 5.